The van der Waals surface area contributed by atoms with E-state index in [1.54, 1.807) is 0 Å². The molecule has 0 fully saturated rings. The van der Waals surface area contributed by atoms with Crippen molar-refractivity contribution >= 4 is 0 Å². The average molecular weight is 187 g/mol. The highest BCUT2D eigenvalue weighted by Gasteiger charge is 2.10. The Morgan fingerprint density at radius 2 is 1.86 bits per heavy atom. The molecule has 1 aromatic heterocycles. The summed E-state index contributed by atoms with van der Waals surface area (Å²) in [6, 6.07) is 10.6. The van der Waals surface area contributed by atoms with Gasteiger partial charge in [-0.25, -0.2) is 0 Å². The Hall–Kier alpha value is -1.57. The van der Waals surface area contributed by atoms with Gasteiger partial charge in [-0.05, 0) is 12.5 Å². The summed E-state index contributed by atoms with van der Waals surface area (Å²) in [7, 11) is 4.11. The molecule has 2 aromatic rings. The van der Waals surface area contributed by atoms with Gasteiger partial charge in [0.1, 0.15) is 5.69 Å². The van der Waals surface area contributed by atoms with Crippen LogP contribution in [0.5, 0.6) is 0 Å². The number of nitrogens with zero attached hydrogens (tertiary/aromatic N) is 2. The van der Waals surface area contributed by atoms with E-state index in [1.165, 1.54) is 16.8 Å². The first-order valence-electron chi connectivity index (χ1n) is 4.78. The summed E-state index contributed by atoms with van der Waals surface area (Å²) in [5, 5.41) is 0. The Kier molecular flexibility index (Phi) is 2.12. The van der Waals surface area contributed by atoms with E-state index in [9.17, 15) is 0 Å². The van der Waals surface area contributed by atoms with Crippen LogP contribution >= 0.6 is 0 Å². The number of aryl methyl sites for hydroxylation is 2. The molecule has 2 heteroatoms. The molecule has 0 aliphatic rings. The van der Waals surface area contributed by atoms with Gasteiger partial charge in [0, 0.05) is 11.6 Å². The van der Waals surface area contributed by atoms with Crippen LogP contribution < -0.4 is 4.68 Å². The molecule has 0 aliphatic carbocycles. The molecule has 0 N–H and O–H groups in total. The fourth-order valence-electron chi connectivity index (χ4n) is 1.68. The Morgan fingerprint density at radius 1 is 1.14 bits per heavy atom. The first kappa shape index (κ1) is 9.00. The summed E-state index contributed by atoms with van der Waals surface area (Å²) in [6.45, 7) is 2.14. The van der Waals surface area contributed by atoms with Crippen LogP contribution in [0.1, 0.15) is 5.56 Å². The first-order valence-corrected chi connectivity index (χ1v) is 4.78. The van der Waals surface area contributed by atoms with E-state index in [-0.39, 0.29) is 0 Å². The van der Waals surface area contributed by atoms with Gasteiger partial charge < -0.3 is 0 Å². The van der Waals surface area contributed by atoms with E-state index >= 15 is 0 Å². The second-order valence-electron chi connectivity index (χ2n) is 3.61. The maximum Gasteiger partial charge on any atom is 0.196 e. The zero-order valence-electron chi connectivity index (χ0n) is 8.86. The predicted molar refractivity (Wildman–Crippen MR) is 56.8 cm³/mol. The lowest BCUT2D eigenvalue weighted by molar-refractivity contribution is -0.750. The minimum absolute atomic E-state index is 1.26. The minimum atomic E-state index is 1.26. The second-order valence-corrected chi connectivity index (χ2v) is 3.61. The molecule has 0 amide bonds. The Bertz CT molecular complexity index is 455. The third-order valence-electron chi connectivity index (χ3n) is 2.69. The number of hydrogen-bond donors (Lipinski definition) is 0. The van der Waals surface area contributed by atoms with E-state index in [1.807, 2.05) is 7.05 Å². The monoisotopic (exact) mass is 187 g/mol. The van der Waals surface area contributed by atoms with E-state index in [0.29, 0.717) is 0 Å². The normalized spacial score (nSPS) is 10.5. The van der Waals surface area contributed by atoms with E-state index in [4.69, 9.17) is 0 Å². The van der Waals surface area contributed by atoms with Crippen molar-refractivity contribution < 1.29 is 4.68 Å². The van der Waals surface area contributed by atoms with Crippen molar-refractivity contribution in [3.63, 3.8) is 0 Å². The van der Waals surface area contributed by atoms with Gasteiger partial charge >= 0.3 is 0 Å². The van der Waals surface area contributed by atoms with Crippen molar-refractivity contribution in [2.45, 2.75) is 6.92 Å². The molecule has 1 heterocycles. The van der Waals surface area contributed by atoms with E-state index < -0.39 is 0 Å². The van der Waals surface area contributed by atoms with Gasteiger partial charge in [0.15, 0.2) is 13.2 Å². The van der Waals surface area contributed by atoms with Gasteiger partial charge in [0.2, 0.25) is 0 Å². The van der Waals surface area contributed by atoms with Crippen LogP contribution in [-0.2, 0) is 14.1 Å². The summed E-state index contributed by atoms with van der Waals surface area (Å²) in [4.78, 5) is 0. The highest BCUT2D eigenvalue weighted by atomic mass is 15.4. The third-order valence-corrected chi connectivity index (χ3v) is 2.69. The van der Waals surface area contributed by atoms with Gasteiger partial charge in [0.25, 0.3) is 0 Å². The van der Waals surface area contributed by atoms with E-state index in [0.717, 1.165) is 0 Å². The molecule has 0 spiro atoms. The lowest BCUT2D eigenvalue weighted by atomic mass is 10.1. The summed E-state index contributed by atoms with van der Waals surface area (Å²) in [5.41, 5.74) is 3.87. The molecule has 0 saturated heterocycles. The van der Waals surface area contributed by atoms with E-state index in [2.05, 4.69) is 59.9 Å². The average Bonchev–Trinajstić information content (AvgIpc) is 2.49. The maximum atomic E-state index is 2.16. The molecule has 0 radical (unpaired) electrons. The van der Waals surface area contributed by atoms with Crippen LogP contribution in [0.3, 0.4) is 0 Å². The molecule has 14 heavy (non-hydrogen) atoms. The number of hydrogen-bond acceptors (Lipinski definition) is 0. The molecular formula is C12H15N2+. The number of benzene rings is 1. The SMILES string of the molecule is Cc1ccccc1-c1cc[n+](C)n1C. The molecule has 72 valence electrons. The number of aromatic nitrogens is 2. The maximum absolute atomic E-state index is 2.16. The molecule has 1 aromatic carbocycles. The zero-order chi connectivity index (χ0) is 10.1. The van der Waals surface area contributed by atoms with Crippen LogP contribution in [0.2, 0.25) is 0 Å². The molecule has 0 saturated carbocycles. The van der Waals surface area contributed by atoms with Gasteiger partial charge in [-0.1, -0.05) is 24.3 Å². The van der Waals surface area contributed by atoms with Crippen LogP contribution in [-0.4, -0.2) is 4.68 Å². The van der Waals surface area contributed by atoms with Crippen LogP contribution in [0.25, 0.3) is 11.3 Å². The number of rotatable bonds is 1. The van der Waals surface area contributed by atoms with Crippen LogP contribution in [0.4, 0.5) is 0 Å². The lowest BCUT2D eigenvalue weighted by Gasteiger charge is -2.03. The van der Waals surface area contributed by atoms with Crippen molar-refractivity contribution in [2.24, 2.45) is 14.1 Å². The van der Waals surface area contributed by atoms with Gasteiger partial charge in [-0.15, -0.1) is 4.68 Å². The highest BCUT2D eigenvalue weighted by Crippen LogP contribution is 2.20. The van der Waals surface area contributed by atoms with Crippen molar-refractivity contribution in [1.82, 2.24) is 4.68 Å². The fourth-order valence-corrected chi connectivity index (χ4v) is 1.68. The van der Waals surface area contributed by atoms with Crippen LogP contribution in [0, 0.1) is 6.92 Å². The molecule has 0 unspecified atom stereocenters. The van der Waals surface area contributed by atoms with Crippen LogP contribution in [0.15, 0.2) is 36.5 Å². The zero-order valence-corrected chi connectivity index (χ0v) is 8.86. The first-order chi connectivity index (χ1) is 6.70. The summed E-state index contributed by atoms with van der Waals surface area (Å²) in [5.74, 6) is 0. The third kappa shape index (κ3) is 1.33. The fraction of sp³-hybridized carbons (Fsp3) is 0.250. The van der Waals surface area contributed by atoms with Crippen molar-refractivity contribution in [1.29, 1.82) is 0 Å². The molecule has 0 bridgehead atoms. The molecule has 0 aliphatic heterocycles. The van der Waals surface area contributed by atoms with Crippen molar-refractivity contribution in [2.75, 3.05) is 0 Å². The summed E-state index contributed by atoms with van der Waals surface area (Å²) >= 11 is 0. The van der Waals surface area contributed by atoms with Gasteiger partial charge in [-0.2, -0.15) is 4.68 Å². The summed E-state index contributed by atoms with van der Waals surface area (Å²) < 4.78 is 4.21. The molecular weight excluding hydrogens is 172 g/mol. The highest BCUT2D eigenvalue weighted by molar-refractivity contribution is 5.62. The molecule has 2 rings (SSSR count). The molecule has 0 atom stereocenters. The Labute approximate surface area is 84.4 Å². The Balaban J connectivity index is 2.60. The quantitative estimate of drug-likeness (QED) is 0.602. The molecule has 2 nitrogen and oxygen atoms in total. The largest absolute Gasteiger partial charge is 0.196 e. The standard InChI is InChI=1S/C12H15N2/c1-10-6-4-5-7-11(10)12-8-9-13(2)14(12)3/h4-9H,1-3H3/q+1. The van der Waals surface area contributed by atoms with Gasteiger partial charge in [0.05, 0.1) is 7.05 Å². The van der Waals surface area contributed by atoms with Crippen molar-refractivity contribution in [3.05, 3.63) is 42.1 Å². The van der Waals surface area contributed by atoms with Gasteiger partial charge in [-0.3, -0.25) is 0 Å². The smallest absolute Gasteiger partial charge is 0.156 e. The second kappa shape index (κ2) is 3.29. The topological polar surface area (TPSA) is 8.81 Å². The minimum Gasteiger partial charge on any atom is -0.156 e. The Morgan fingerprint density at radius 3 is 2.43 bits per heavy atom. The van der Waals surface area contributed by atoms with Crippen molar-refractivity contribution in [3.8, 4) is 11.3 Å². The lowest BCUT2D eigenvalue weighted by Crippen LogP contribution is -2.36. The predicted octanol–water partition coefficient (Wildman–Crippen LogP) is 1.83. The summed E-state index contributed by atoms with van der Waals surface area (Å²) in [6.07, 6.45) is 2.07.